The highest BCUT2D eigenvalue weighted by Crippen LogP contribution is 2.53. The summed E-state index contributed by atoms with van der Waals surface area (Å²) in [7, 11) is 0. The highest BCUT2D eigenvalue weighted by atomic mass is 15.2. The second kappa shape index (κ2) is 24.9. The first-order valence-electron chi connectivity index (χ1n) is 34.6. The van der Waals surface area contributed by atoms with E-state index in [1.165, 1.54) is 32.3 Å². The van der Waals surface area contributed by atoms with E-state index in [-0.39, 0.29) is 0 Å². The molecule has 0 saturated heterocycles. The van der Waals surface area contributed by atoms with Crippen molar-refractivity contribution in [2.75, 3.05) is 9.80 Å². The van der Waals surface area contributed by atoms with Crippen molar-refractivity contribution in [3.8, 4) is 72.7 Å². The first kappa shape index (κ1) is 58.8. The van der Waals surface area contributed by atoms with Gasteiger partial charge in [-0.1, -0.05) is 285 Å². The molecule has 0 atom stereocenters. The van der Waals surface area contributed by atoms with E-state index in [2.05, 4.69) is 418 Å². The largest absolute Gasteiger partial charge is 0.309 e. The molecule has 0 aliphatic heterocycles. The normalized spacial score (nSPS) is 11.6. The molecule has 0 bridgehead atoms. The van der Waals surface area contributed by atoms with Crippen molar-refractivity contribution in [2.24, 2.45) is 0 Å². The Hall–Kier alpha value is -13.5. The second-order valence-electron chi connectivity index (χ2n) is 26.0. The molecule has 0 radical (unpaired) electrons. The second-order valence-corrected chi connectivity index (χ2v) is 26.0. The van der Waals surface area contributed by atoms with Crippen LogP contribution in [0, 0.1) is 0 Å². The molecule has 0 fully saturated rings. The topological polar surface area (TPSA) is 21.3 Å². The van der Waals surface area contributed by atoms with Crippen molar-refractivity contribution < 1.29 is 0 Å². The third-order valence-corrected chi connectivity index (χ3v) is 20.2. The summed E-state index contributed by atoms with van der Waals surface area (Å²) in [6.07, 6.45) is 0. The number of para-hydroxylation sites is 8. The Morgan fingerprint density at radius 1 is 0.158 bits per heavy atom. The molecular weight excluding hydrogens is 1220 g/mol. The fourth-order valence-electron chi connectivity index (χ4n) is 15.8. The molecule has 0 N–H and O–H groups in total. The molecule has 0 saturated carbocycles. The standard InChI is InChI=1S/C96H65N5/c1-6-30-66(31-7-1)79-49-28-50-80(67-32-8-2-9-33-67)95(79)97(73-40-26-42-75(63-73)100-89-53-21-16-44-83(89)84-45-17-22-54-90(84)100)77-60-71(70-58-59-94-88(62-70)87-48-20-25-57-93(87)99(94)72-38-14-5-15-39-72)61-78(65-77)98(96-81(68-34-10-3-11-35-68)51-29-52-82(96)69-36-12-4-13-37-69)74-41-27-43-76(64-74)101-91-55-23-18-46-85(91)86-47-19-24-56-92(86)101/h1-65H. The van der Waals surface area contributed by atoms with Gasteiger partial charge in [-0.3, -0.25) is 0 Å². The number of aromatic nitrogens is 3. The predicted octanol–water partition coefficient (Wildman–Crippen LogP) is 26.3. The molecule has 19 aromatic rings. The van der Waals surface area contributed by atoms with Crippen molar-refractivity contribution in [2.45, 2.75) is 0 Å². The number of benzene rings is 16. The predicted molar refractivity (Wildman–Crippen MR) is 426 cm³/mol. The summed E-state index contributed by atoms with van der Waals surface area (Å²) in [5.41, 5.74) is 27.0. The molecule has 16 aromatic carbocycles. The monoisotopic (exact) mass is 1290 g/mol. The molecule has 5 nitrogen and oxygen atoms in total. The molecule has 0 unspecified atom stereocenters. The highest BCUT2D eigenvalue weighted by Gasteiger charge is 2.29. The molecule has 19 rings (SSSR count). The van der Waals surface area contributed by atoms with Crippen molar-refractivity contribution in [3.05, 3.63) is 394 Å². The number of anilines is 6. The molecular formula is C96H65N5. The third kappa shape index (κ3) is 10.2. The smallest absolute Gasteiger partial charge is 0.0618 e. The van der Waals surface area contributed by atoms with Crippen LogP contribution >= 0.6 is 0 Å². The van der Waals surface area contributed by atoms with Crippen molar-refractivity contribution >= 4 is 99.5 Å². The van der Waals surface area contributed by atoms with Gasteiger partial charge in [-0.25, -0.2) is 0 Å². The first-order chi connectivity index (χ1) is 50.1. The molecule has 474 valence electrons. The average Bonchev–Trinajstić information content (AvgIpc) is 1.68. The van der Waals surface area contributed by atoms with Crippen LogP contribution in [0.25, 0.3) is 138 Å². The summed E-state index contributed by atoms with van der Waals surface area (Å²) in [4.78, 5) is 5.12. The Morgan fingerprint density at radius 2 is 0.446 bits per heavy atom. The molecule has 3 heterocycles. The maximum absolute atomic E-state index is 2.56. The van der Waals surface area contributed by atoms with Gasteiger partial charge in [0.2, 0.25) is 0 Å². The van der Waals surface area contributed by atoms with Crippen LogP contribution in [-0.2, 0) is 0 Å². The fraction of sp³-hybridized carbons (Fsp3) is 0. The van der Waals surface area contributed by atoms with Crippen LogP contribution < -0.4 is 9.80 Å². The number of nitrogens with zero attached hydrogens (tertiary/aromatic N) is 5. The Kier molecular flexibility index (Phi) is 14.5. The zero-order valence-electron chi connectivity index (χ0n) is 55.3. The van der Waals surface area contributed by atoms with Gasteiger partial charge in [0.15, 0.2) is 0 Å². The van der Waals surface area contributed by atoms with Crippen LogP contribution in [0.5, 0.6) is 0 Å². The highest BCUT2D eigenvalue weighted by molar-refractivity contribution is 6.13. The van der Waals surface area contributed by atoms with E-state index in [0.29, 0.717) is 0 Å². The number of hydrogen-bond acceptors (Lipinski definition) is 2. The van der Waals surface area contributed by atoms with Gasteiger partial charge in [0.05, 0.1) is 44.5 Å². The Balaban J connectivity index is 0.960. The summed E-state index contributed by atoms with van der Waals surface area (Å²) in [5.74, 6) is 0. The Morgan fingerprint density at radius 3 is 0.812 bits per heavy atom. The van der Waals surface area contributed by atoms with Gasteiger partial charge in [-0.05, 0) is 143 Å². The molecule has 0 aliphatic rings. The van der Waals surface area contributed by atoms with Crippen LogP contribution in [-0.4, -0.2) is 13.7 Å². The Bertz CT molecular complexity index is 5800. The van der Waals surface area contributed by atoms with Gasteiger partial charge < -0.3 is 23.5 Å². The van der Waals surface area contributed by atoms with Crippen molar-refractivity contribution in [1.82, 2.24) is 13.7 Å². The lowest BCUT2D eigenvalue weighted by molar-refractivity contribution is 1.17. The lowest BCUT2D eigenvalue weighted by Crippen LogP contribution is -2.16. The number of hydrogen-bond donors (Lipinski definition) is 0. The van der Waals surface area contributed by atoms with E-state index < -0.39 is 0 Å². The molecule has 3 aromatic heterocycles. The molecule has 101 heavy (non-hydrogen) atoms. The van der Waals surface area contributed by atoms with E-state index in [1.54, 1.807) is 0 Å². The molecule has 0 amide bonds. The third-order valence-electron chi connectivity index (χ3n) is 20.2. The lowest BCUT2D eigenvalue weighted by atomic mass is 9.93. The van der Waals surface area contributed by atoms with E-state index in [1.807, 2.05) is 0 Å². The van der Waals surface area contributed by atoms with Gasteiger partial charge in [0, 0.05) is 94.4 Å². The first-order valence-corrected chi connectivity index (χ1v) is 34.6. The maximum atomic E-state index is 2.56. The van der Waals surface area contributed by atoms with E-state index in [4.69, 9.17) is 0 Å². The quantitative estimate of drug-likeness (QED) is 0.108. The minimum atomic E-state index is 0.964. The zero-order chi connectivity index (χ0) is 66.7. The zero-order valence-corrected chi connectivity index (χ0v) is 55.3. The van der Waals surface area contributed by atoms with Gasteiger partial charge in [-0.2, -0.15) is 0 Å². The van der Waals surface area contributed by atoms with Gasteiger partial charge in [-0.15, -0.1) is 0 Å². The van der Waals surface area contributed by atoms with Crippen LogP contribution in [0.4, 0.5) is 34.1 Å². The van der Waals surface area contributed by atoms with E-state index >= 15 is 0 Å². The van der Waals surface area contributed by atoms with Crippen LogP contribution in [0.1, 0.15) is 0 Å². The summed E-state index contributed by atoms with van der Waals surface area (Å²) >= 11 is 0. The molecule has 5 heteroatoms. The maximum Gasteiger partial charge on any atom is 0.0618 e. The minimum Gasteiger partial charge on any atom is -0.309 e. The van der Waals surface area contributed by atoms with Crippen LogP contribution in [0.2, 0.25) is 0 Å². The number of fused-ring (bicyclic) bond motifs is 9. The SMILES string of the molecule is c1ccc(-c2cccc(-c3ccccc3)c2N(c2cc(-c3ccc4c(c3)c3ccccc3n4-c3ccccc3)cc(N(c3cccc(-n4c5ccccc5c5ccccc54)c3)c3c(-c4ccccc4)cccc3-c3ccccc3)c2)c2cccc(-n3c4ccccc4c4ccccc43)c2)cc1. The van der Waals surface area contributed by atoms with Gasteiger partial charge >= 0.3 is 0 Å². The van der Waals surface area contributed by atoms with Crippen molar-refractivity contribution in [1.29, 1.82) is 0 Å². The summed E-state index contributed by atoms with van der Waals surface area (Å²) in [6, 6.07) is 145. The minimum absolute atomic E-state index is 0.964. The van der Waals surface area contributed by atoms with Gasteiger partial charge in [0.1, 0.15) is 0 Å². The van der Waals surface area contributed by atoms with Crippen molar-refractivity contribution in [3.63, 3.8) is 0 Å². The van der Waals surface area contributed by atoms with E-state index in [9.17, 15) is 0 Å². The van der Waals surface area contributed by atoms with Crippen LogP contribution in [0.15, 0.2) is 394 Å². The molecule has 0 spiro atoms. The molecule has 0 aliphatic carbocycles. The summed E-state index contributed by atoms with van der Waals surface area (Å²) < 4.78 is 7.29. The van der Waals surface area contributed by atoms with E-state index in [0.717, 1.165) is 140 Å². The average molecular weight is 1290 g/mol. The summed E-state index contributed by atoms with van der Waals surface area (Å²) in [6.45, 7) is 0. The van der Waals surface area contributed by atoms with Crippen LogP contribution in [0.3, 0.4) is 0 Å². The fourth-order valence-corrected chi connectivity index (χ4v) is 15.8. The Labute approximate surface area is 586 Å². The summed E-state index contributed by atoms with van der Waals surface area (Å²) in [5, 5.41) is 7.19. The lowest BCUT2D eigenvalue weighted by Gasteiger charge is -2.34. The number of rotatable bonds is 14. The van der Waals surface area contributed by atoms with Gasteiger partial charge in [0.25, 0.3) is 0 Å².